The number of benzene rings is 1. The number of hydrogen-bond acceptors (Lipinski definition) is 1. The summed E-state index contributed by atoms with van der Waals surface area (Å²) in [7, 11) is 0. The topological polar surface area (TPSA) is 17.1 Å². The molecule has 1 rings (SSSR count). The zero-order chi connectivity index (χ0) is 8.97. The van der Waals surface area contributed by atoms with Crippen molar-refractivity contribution in [2.24, 2.45) is 0 Å². The molecule has 0 bridgehead atoms. The smallest absolute Gasteiger partial charge is 0.189 e. The summed E-state index contributed by atoms with van der Waals surface area (Å²) >= 11 is 5.41. The standard InChI is InChI=1S/C10H9ClO/c1-8(7-11)10(12)9-5-3-2-4-6-9/h2-7H,1H3. The number of rotatable bonds is 2. The molecular weight excluding hydrogens is 172 g/mol. The molecule has 0 radical (unpaired) electrons. The van der Waals surface area contributed by atoms with E-state index in [-0.39, 0.29) is 5.78 Å². The fraction of sp³-hybridized carbons (Fsp3) is 0.100. The highest BCUT2D eigenvalue weighted by Gasteiger charge is 2.05. The molecule has 1 aromatic rings. The van der Waals surface area contributed by atoms with Gasteiger partial charge >= 0.3 is 0 Å². The summed E-state index contributed by atoms with van der Waals surface area (Å²) in [5.74, 6) is -0.0226. The average molecular weight is 181 g/mol. The van der Waals surface area contributed by atoms with Gasteiger partial charge in [0.25, 0.3) is 0 Å². The molecule has 1 nitrogen and oxygen atoms in total. The van der Waals surface area contributed by atoms with Crippen LogP contribution in [-0.2, 0) is 0 Å². The zero-order valence-corrected chi connectivity index (χ0v) is 7.51. The highest BCUT2D eigenvalue weighted by molar-refractivity contribution is 6.28. The van der Waals surface area contributed by atoms with Gasteiger partial charge in [0.1, 0.15) is 0 Å². The molecule has 0 amide bonds. The first-order chi connectivity index (χ1) is 5.75. The first-order valence-electron chi connectivity index (χ1n) is 3.62. The second kappa shape index (κ2) is 4.07. The van der Waals surface area contributed by atoms with Crippen LogP contribution in [-0.4, -0.2) is 5.78 Å². The Kier molecular flexibility index (Phi) is 3.06. The van der Waals surface area contributed by atoms with E-state index in [1.54, 1.807) is 19.1 Å². The number of allylic oxidation sites excluding steroid dienone is 1. The predicted octanol–water partition coefficient (Wildman–Crippen LogP) is 3.01. The van der Waals surface area contributed by atoms with Crippen LogP contribution in [0.4, 0.5) is 0 Å². The molecule has 62 valence electrons. The molecule has 0 heterocycles. The van der Waals surface area contributed by atoms with Gasteiger partial charge < -0.3 is 0 Å². The van der Waals surface area contributed by atoms with E-state index in [2.05, 4.69) is 0 Å². The summed E-state index contributed by atoms with van der Waals surface area (Å²) in [4.78, 5) is 11.4. The van der Waals surface area contributed by atoms with Gasteiger partial charge in [0.2, 0.25) is 0 Å². The first-order valence-corrected chi connectivity index (χ1v) is 4.06. The summed E-state index contributed by atoms with van der Waals surface area (Å²) in [5.41, 5.74) is 2.53. The zero-order valence-electron chi connectivity index (χ0n) is 6.75. The van der Waals surface area contributed by atoms with Crippen LogP contribution in [0, 0.1) is 0 Å². The third-order valence-corrected chi connectivity index (χ3v) is 1.89. The number of halogens is 1. The Morgan fingerprint density at radius 3 is 2.42 bits per heavy atom. The molecule has 0 unspecified atom stereocenters. The van der Waals surface area contributed by atoms with Crippen LogP contribution in [0.5, 0.6) is 0 Å². The molecule has 0 spiro atoms. The van der Waals surface area contributed by atoms with Gasteiger partial charge in [0.15, 0.2) is 5.78 Å². The van der Waals surface area contributed by atoms with Crippen LogP contribution in [0.25, 0.3) is 0 Å². The monoisotopic (exact) mass is 180 g/mol. The van der Waals surface area contributed by atoms with E-state index < -0.39 is 0 Å². The molecule has 0 atom stereocenters. The van der Waals surface area contributed by atoms with Crippen LogP contribution >= 0.6 is 11.6 Å². The van der Waals surface area contributed by atoms with Gasteiger partial charge in [0, 0.05) is 16.7 Å². The van der Waals surface area contributed by atoms with E-state index in [1.807, 2.05) is 18.2 Å². The Balaban J connectivity index is 2.94. The lowest BCUT2D eigenvalue weighted by molar-refractivity contribution is 0.103. The first kappa shape index (κ1) is 9.01. The van der Waals surface area contributed by atoms with E-state index in [0.29, 0.717) is 11.1 Å². The Morgan fingerprint density at radius 2 is 1.92 bits per heavy atom. The van der Waals surface area contributed by atoms with E-state index in [1.165, 1.54) is 5.54 Å². The highest BCUT2D eigenvalue weighted by atomic mass is 35.5. The summed E-state index contributed by atoms with van der Waals surface area (Å²) < 4.78 is 0. The number of Topliss-reactive ketones (excluding diaryl/α,β-unsaturated/α-hetero) is 1. The molecule has 0 aromatic heterocycles. The van der Waals surface area contributed by atoms with Crippen molar-refractivity contribution in [3.05, 3.63) is 47.0 Å². The fourth-order valence-electron chi connectivity index (χ4n) is 0.867. The molecule has 0 N–H and O–H groups in total. The number of ketones is 1. The quantitative estimate of drug-likeness (QED) is 0.505. The second-order valence-electron chi connectivity index (χ2n) is 2.49. The number of hydrogen-bond donors (Lipinski definition) is 0. The molecule has 2 heteroatoms. The maximum atomic E-state index is 11.4. The molecule has 1 aromatic carbocycles. The van der Waals surface area contributed by atoms with Crippen molar-refractivity contribution in [1.82, 2.24) is 0 Å². The van der Waals surface area contributed by atoms with E-state index in [9.17, 15) is 4.79 Å². The van der Waals surface area contributed by atoms with Crippen LogP contribution in [0.3, 0.4) is 0 Å². The summed E-state index contributed by atoms with van der Waals surface area (Å²) in [5, 5.41) is 0. The minimum Gasteiger partial charge on any atom is -0.289 e. The SMILES string of the molecule is CC(=CCl)C(=O)c1ccccc1. The molecule has 0 aliphatic heterocycles. The van der Waals surface area contributed by atoms with Crippen LogP contribution in [0.2, 0.25) is 0 Å². The van der Waals surface area contributed by atoms with Gasteiger partial charge in [-0.3, -0.25) is 4.79 Å². The summed E-state index contributed by atoms with van der Waals surface area (Å²) in [6.45, 7) is 1.70. The third kappa shape index (κ3) is 1.95. The number of carbonyl (C=O) groups excluding carboxylic acids is 1. The van der Waals surface area contributed by atoms with Crippen molar-refractivity contribution in [2.45, 2.75) is 6.92 Å². The van der Waals surface area contributed by atoms with Crippen LogP contribution < -0.4 is 0 Å². The van der Waals surface area contributed by atoms with E-state index >= 15 is 0 Å². The maximum absolute atomic E-state index is 11.4. The number of carbonyl (C=O) groups is 1. The lowest BCUT2D eigenvalue weighted by Crippen LogP contribution is -1.98. The molecule has 0 saturated heterocycles. The van der Waals surface area contributed by atoms with Gasteiger partial charge in [0.05, 0.1) is 0 Å². The minimum atomic E-state index is -0.0226. The predicted molar refractivity (Wildman–Crippen MR) is 50.4 cm³/mol. The van der Waals surface area contributed by atoms with Gasteiger partial charge in [-0.25, -0.2) is 0 Å². The van der Waals surface area contributed by atoms with Gasteiger partial charge in [-0.2, -0.15) is 0 Å². The van der Waals surface area contributed by atoms with Crippen molar-refractivity contribution in [2.75, 3.05) is 0 Å². The molecule has 0 saturated carbocycles. The van der Waals surface area contributed by atoms with Gasteiger partial charge in [-0.05, 0) is 6.92 Å². The minimum absolute atomic E-state index is 0.0226. The molecule has 0 aliphatic rings. The van der Waals surface area contributed by atoms with Crippen LogP contribution in [0.1, 0.15) is 17.3 Å². The van der Waals surface area contributed by atoms with Crippen molar-refractivity contribution >= 4 is 17.4 Å². The molecule has 0 fully saturated rings. The Labute approximate surface area is 76.7 Å². The van der Waals surface area contributed by atoms with Crippen LogP contribution in [0.15, 0.2) is 41.4 Å². The second-order valence-corrected chi connectivity index (χ2v) is 2.71. The maximum Gasteiger partial charge on any atom is 0.189 e. The molecule has 0 aliphatic carbocycles. The highest BCUT2D eigenvalue weighted by Crippen LogP contribution is 2.07. The van der Waals surface area contributed by atoms with Crippen molar-refractivity contribution < 1.29 is 4.79 Å². The Morgan fingerprint density at radius 1 is 1.33 bits per heavy atom. The normalized spacial score (nSPS) is 11.3. The lowest BCUT2D eigenvalue weighted by Gasteiger charge is -1.97. The largest absolute Gasteiger partial charge is 0.289 e. The Hall–Kier alpha value is -1.08. The van der Waals surface area contributed by atoms with Gasteiger partial charge in [-0.1, -0.05) is 41.9 Å². The Bertz CT molecular complexity index is 301. The summed E-state index contributed by atoms with van der Waals surface area (Å²) in [6, 6.07) is 9.07. The van der Waals surface area contributed by atoms with Crippen molar-refractivity contribution in [1.29, 1.82) is 0 Å². The van der Waals surface area contributed by atoms with Gasteiger partial charge in [-0.15, -0.1) is 0 Å². The van der Waals surface area contributed by atoms with E-state index in [4.69, 9.17) is 11.6 Å². The fourth-order valence-corrected chi connectivity index (χ4v) is 0.966. The van der Waals surface area contributed by atoms with Crippen molar-refractivity contribution in [3.8, 4) is 0 Å². The third-order valence-electron chi connectivity index (χ3n) is 1.56. The lowest BCUT2D eigenvalue weighted by atomic mass is 10.1. The molecular formula is C10H9ClO. The average Bonchev–Trinajstić information content (AvgIpc) is 2.17. The molecule has 12 heavy (non-hydrogen) atoms. The summed E-state index contributed by atoms with van der Waals surface area (Å²) in [6.07, 6.45) is 0. The van der Waals surface area contributed by atoms with Crippen molar-refractivity contribution in [3.63, 3.8) is 0 Å². The van der Waals surface area contributed by atoms with E-state index in [0.717, 1.165) is 0 Å².